The summed E-state index contributed by atoms with van der Waals surface area (Å²) in [4.78, 5) is 44.9. The van der Waals surface area contributed by atoms with Crippen molar-refractivity contribution in [3.63, 3.8) is 0 Å². The Labute approximate surface area is 239 Å². The minimum absolute atomic E-state index is 0.00485. The van der Waals surface area contributed by atoms with E-state index in [0.717, 1.165) is 28.4 Å². The van der Waals surface area contributed by atoms with Crippen LogP contribution in [0, 0.1) is 6.92 Å². The van der Waals surface area contributed by atoms with Crippen LogP contribution in [0.2, 0.25) is 0 Å². The summed E-state index contributed by atoms with van der Waals surface area (Å²) >= 11 is 1.33. The molecule has 1 aliphatic heterocycles. The Balaban J connectivity index is 1.37. The lowest BCUT2D eigenvalue weighted by Crippen LogP contribution is -2.49. The molecule has 0 radical (unpaired) electrons. The lowest BCUT2D eigenvalue weighted by molar-refractivity contribution is -0.151. The molecule has 0 bridgehead atoms. The SMILES string of the molecule is CCNCCN(CC(=O)N(C)N1Cc2ccccc2C1)C(=O)CNc1ccc(-c2ncc(C(=O)NC)s2)cc1C. The Morgan fingerprint density at radius 2 is 1.80 bits per heavy atom. The number of hydrogen-bond acceptors (Lipinski definition) is 8. The molecule has 0 aliphatic carbocycles. The molecule has 11 heteroatoms. The third-order valence-corrected chi connectivity index (χ3v) is 8.00. The Morgan fingerprint density at radius 3 is 2.45 bits per heavy atom. The zero-order valence-electron chi connectivity index (χ0n) is 23.5. The van der Waals surface area contributed by atoms with E-state index in [1.807, 2.05) is 49.2 Å². The molecule has 2 aromatic carbocycles. The zero-order chi connectivity index (χ0) is 28.6. The topological polar surface area (TPSA) is 110 Å². The van der Waals surface area contributed by atoms with Crippen LogP contribution in [0.15, 0.2) is 48.7 Å². The third kappa shape index (κ3) is 7.04. The first-order chi connectivity index (χ1) is 19.3. The fourth-order valence-electron chi connectivity index (χ4n) is 4.55. The lowest BCUT2D eigenvalue weighted by atomic mass is 10.1. The summed E-state index contributed by atoms with van der Waals surface area (Å²) in [6.07, 6.45) is 1.57. The molecular weight excluding hydrogens is 526 g/mol. The van der Waals surface area contributed by atoms with Crippen LogP contribution in [0.4, 0.5) is 5.69 Å². The number of hydrogen-bond donors (Lipinski definition) is 3. The van der Waals surface area contributed by atoms with E-state index in [9.17, 15) is 14.4 Å². The van der Waals surface area contributed by atoms with Crippen LogP contribution in [0.3, 0.4) is 0 Å². The number of carbonyl (C=O) groups excluding carboxylic acids is 3. The number of aromatic nitrogens is 1. The molecular formula is C29H37N7O3S. The summed E-state index contributed by atoms with van der Waals surface area (Å²) in [6.45, 7) is 7.21. The highest BCUT2D eigenvalue weighted by molar-refractivity contribution is 7.16. The number of anilines is 1. The van der Waals surface area contributed by atoms with Gasteiger partial charge in [0.05, 0.1) is 12.7 Å². The molecule has 212 valence electrons. The lowest BCUT2D eigenvalue weighted by Gasteiger charge is -2.31. The molecule has 4 rings (SSSR count). The molecule has 0 unspecified atom stereocenters. The molecule has 0 fully saturated rings. The number of aryl methyl sites for hydroxylation is 1. The molecule has 0 spiro atoms. The quantitative estimate of drug-likeness (QED) is 0.291. The summed E-state index contributed by atoms with van der Waals surface area (Å²) in [7, 11) is 3.36. The highest BCUT2D eigenvalue weighted by Crippen LogP contribution is 2.28. The second-order valence-electron chi connectivity index (χ2n) is 9.67. The maximum absolute atomic E-state index is 13.3. The number of hydrazine groups is 1. The molecule has 0 saturated heterocycles. The standard InChI is InChI=1S/C29H37N7O3S/c1-5-31-12-13-35(19-27(38)34(4)36-17-22-8-6-7-9-23(22)18-36)26(37)16-32-24-11-10-21(14-20(24)2)29-33-15-25(40-29)28(39)30-3/h6-11,14-15,31-32H,5,12-13,16-19H2,1-4H3,(H,30,39). The average molecular weight is 564 g/mol. The third-order valence-electron chi connectivity index (χ3n) is 6.96. The molecule has 3 amide bonds. The van der Waals surface area contributed by atoms with Gasteiger partial charge in [0.2, 0.25) is 5.91 Å². The summed E-state index contributed by atoms with van der Waals surface area (Å²) in [5, 5.41) is 13.5. The van der Waals surface area contributed by atoms with Crippen molar-refractivity contribution in [3.8, 4) is 10.6 Å². The Bertz CT molecular complexity index is 1330. The minimum Gasteiger partial charge on any atom is -0.376 e. The predicted octanol–water partition coefficient (Wildman–Crippen LogP) is 2.72. The minimum atomic E-state index is -0.161. The predicted molar refractivity (Wildman–Crippen MR) is 158 cm³/mol. The number of thiazole rings is 1. The first kappa shape index (κ1) is 29.2. The number of fused-ring (bicyclic) bond motifs is 1. The fraction of sp³-hybridized carbons (Fsp3) is 0.379. The monoisotopic (exact) mass is 563 g/mol. The second-order valence-corrected chi connectivity index (χ2v) is 10.7. The van der Waals surface area contributed by atoms with Crippen LogP contribution in [0.5, 0.6) is 0 Å². The molecule has 0 saturated carbocycles. The van der Waals surface area contributed by atoms with Gasteiger partial charge in [-0.15, -0.1) is 11.3 Å². The van der Waals surface area contributed by atoms with Gasteiger partial charge in [-0.05, 0) is 48.4 Å². The Hall–Kier alpha value is -3.80. The van der Waals surface area contributed by atoms with E-state index in [-0.39, 0.29) is 30.8 Å². The number of amides is 3. The van der Waals surface area contributed by atoms with E-state index in [2.05, 4.69) is 33.1 Å². The van der Waals surface area contributed by atoms with Gasteiger partial charge in [-0.1, -0.05) is 31.2 Å². The van der Waals surface area contributed by atoms with E-state index in [1.54, 1.807) is 30.2 Å². The van der Waals surface area contributed by atoms with Gasteiger partial charge in [-0.25, -0.2) is 9.99 Å². The van der Waals surface area contributed by atoms with Gasteiger partial charge in [0.1, 0.15) is 16.4 Å². The van der Waals surface area contributed by atoms with Crippen LogP contribution in [0.1, 0.15) is 33.3 Å². The number of likely N-dealkylation sites (N-methyl/N-ethyl adjacent to an activating group) is 2. The zero-order valence-corrected chi connectivity index (χ0v) is 24.3. The maximum Gasteiger partial charge on any atom is 0.262 e. The van der Waals surface area contributed by atoms with Crippen molar-refractivity contribution in [2.24, 2.45) is 0 Å². The van der Waals surface area contributed by atoms with E-state index in [1.165, 1.54) is 22.5 Å². The van der Waals surface area contributed by atoms with E-state index in [0.29, 0.717) is 31.1 Å². The van der Waals surface area contributed by atoms with Gasteiger partial charge in [-0.3, -0.25) is 19.4 Å². The van der Waals surface area contributed by atoms with Crippen molar-refractivity contribution in [1.29, 1.82) is 0 Å². The number of rotatable bonds is 12. The van der Waals surface area contributed by atoms with Crippen LogP contribution in [-0.4, -0.2) is 84.4 Å². The molecule has 1 aromatic heterocycles. The summed E-state index contributed by atoms with van der Waals surface area (Å²) in [5.41, 5.74) is 5.11. The van der Waals surface area contributed by atoms with Crippen molar-refractivity contribution < 1.29 is 14.4 Å². The van der Waals surface area contributed by atoms with Crippen molar-refractivity contribution >= 4 is 34.7 Å². The molecule has 2 heterocycles. The van der Waals surface area contributed by atoms with Gasteiger partial charge in [0, 0.05) is 51.5 Å². The largest absolute Gasteiger partial charge is 0.376 e. The Kier molecular flexibility index (Phi) is 9.86. The average Bonchev–Trinajstić information content (AvgIpc) is 3.63. The maximum atomic E-state index is 13.3. The van der Waals surface area contributed by atoms with Crippen LogP contribution in [-0.2, 0) is 22.7 Å². The highest BCUT2D eigenvalue weighted by atomic mass is 32.1. The first-order valence-corrected chi connectivity index (χ1v) is 14.2. The normalized spacial score (nSPS) is 12.6. The summed E-state index contributed by atoms with van der Waals surface area (Å²) < 4.78 is 0. The van der Waals surface area contributed by atoms with Crippen LogP contribution < -0.4 is 16.0 Å². The smallest absolute Gasteiger partial charge is 0.262 e. The van der Waals surface area contributed by atoms with Crippen molar-refractivity contribution in [1.82, 2.24) is 30.5 Å². The van der Waals surface area contributed by atoms with Gasteiger partial charge in [0.25, 0.3) is 11.8 Å². The van der Waals surface area contributed by atoms with E-state index >= 15 is 0 Å². The summed E-state index contributed by atoms with van der Waals surface area (Å²) in [6, 6.07) is 14.0. The molecule has 3 N–H and O–H groups in total. The fourth-order valence-corrected chi connectivity index (χ4v) is 5.41. The molecule has 10 nitrogen and oxygen atoms in total. The van der Waals surface area contributed by atoms with Crippen molar-refractivity contribution in [2.75, 3.05) is 52.1 Å². The Morgan fingerprint density at radius 1 is 1.07 bits per heavy atom. The van der Waals surface area contributed by atoms with Gasteiger partial charge >= 0.3 is 0 Å². The molecule has 1 aliphatic rings. The van der Waals surface area contributed by atoms with E-state index < -0.39 is 0 Å². The molecule has 3 aromatic rings. The van der Waals surface area contributed by atoms with E-state index in [4.69, 9.17) is 0 Å². The number of benzene rings is 2. The van der Waals surface area contributed by atoms with Crippen molar-refractivity contribution in [2.45, 2.75) is 26.9 Å². The first-order valence-electron chi connectivity index (χ1n) is 13.4. The summed E-state index contributed by atoms with van der Waals surface area (Å²) in [5.74, 6) is -0.438. The van der Waals surface area contributed by atoms with Crippen LogP contribution >= 0.6 is 11.3 Å². The van der Waals surface area contributed by atoms with Gasteiger partial charge < -0.3 is 20.9 Å². The number of carbonyl (C=O) groups is 3. The van der Waals surface area contributed by atoms with Gasteiger partial charge in [-0.2, -0.15) is 0 Å². The van der Waals surface area contributed by atoms with Crippen LogP contribution in [0.25, 0.3) is 10.6 Å². The molecule has 0 atom stereocenters. The number of nitrogens with zero attached hydrogens (tertiary/aromatic N) is 4. The molecule has 40 heavy (non-hydrogen) atoms. The number of nitrogens with one attached hydrogen (secondary N) is 3. The second kappa shape index (κ2) is 13.5. The highest BCUT2D eigenvalue weighted by Gasteiger charge is 2.27. The van der Waals surface area contributed by atoms with Gasteiger partial charge in [0.15, 0.2) is 0 Å². The van der Waals surface area contributed by atoms with Crippen molar-refractivity contribution in [3.05, 3.63) is 70.2 Å².